The molecule has 0 aliphatic carbocycles. The number of urea groups is 1. The maximum absolute atomic E-state index is 11.8. The minimum Gasteiger partial charge on any atom is -0.338 e. The Morgan fingerprint density at radius 1 is 1.18 bits per heavy atom. The Morgan fingerprint density at radius 2 is 1.76 bits per heavy atom. The molecular weight excluding hydrogens is 242 g/mol. The van der Waals surface area contributed by atoms with Gasteiger partial charge in [-0.25, -0.2) is 13.2 Å². The highest BCUT2D eigenvalue weighted by Crippen LogP contribution is 2.09. The summed E-state index contributed by atoms with van der Waals surface area (Å²) in [6, 6.07) is -0.111. The van der Waals surface area contributed by atoms with E-state index in [1.54, 1.807) is 4.90 Å². The van der Waals surface area contributed by atoms with Crippen LogP contribution >= 0.6 is 0 Å². The topological polar surface area (TPSA) is 69.7 Å². The van der Waals surface area contributed by atoms with Crippen molar-refractivity contribution in [3.8, 4) is 0 Å². The lowest BCUT2D eigenvalue weighted by atomic mass is 10.4. The number of carbonyl (C=O) groups is 1. The summed E-state index contributed by atoms with van der Waals surface area (Å²) in [6.45, 7) is 6.04. The third-order valence-corrected chi connectivity index (χ3v) is 4.79. The lowest BCUT2D eigenvalue weighted by Gasteiger charge is -2.33. The average Bonchev–Trinajstić information content (AvgIpc) is 2.29. The van der Waals surface area contributed by atoms with Crippen molar-refractivity contribution in [3.63, 3.8) is 0 Å². The maximum atomic E-state index is 11.8. The SMILES string of the molecule is CCCS(=O)(=O)N1CCN(C(=O)NCC)CC1. The van der Waals surface area contributed by atoms with Crippen LogP contribution in [0.15, 0.2) is 0 Å². The predicted octanol–water partition coefficient (Wildman–Crippen LogP) is 0.0733. The maximum Gasteiger partial charge on any atom is 0.317 e. The van der Waals surface area contributed by atoms with Crippen LogP contribution in [0, 0.1) is 0 Å². The molecule has 2 amide bonds. The number of hydrogen-bond acceptors (Lipinski definition) is 3. The zero-order valence-electron chi connectivity index (χ0n) is 10.5. The van der Waals surface area contributed by atoms with Crippen LogP contribution in [0.1, 0.15) is 20.3 Å². The van der Waals surface area contributed by atoms with Gasteiger partial charge in [-0.05, 0) is 13.3 Å². The van der Waals surface area contributed by atoms with E-state index in [0.717, 1.165) is 0 Å². The minimum absolute atomic E-state index is 0.111. The summed E-state index contributed by atoms with van der Waals surface area (Å²) < 4.78 is 25.1. The number of rotatable bonds is 4. The van der Waals surface area contributed by atoms with Gasteiger partial charge in [0, 0.05) is 32.7 Å². The third kappa shape index (κ3) is 3.85. The van der Waals surface area contributed by atoms with Crippen LogP contribution in [0.2, 0.25) is 0 Å². The van der Waals surface area contributed by atoms with Crippen LogP contribution in [-0.2, 0) is 10.0 Å². The molecule has 0 aromatic heterocycles. The van der Waals surface area contributed by atoms with Gasteiger partial charge in [0.25, 0.3) is 0 Å². The number of nitrogens with one attached hydrogen (secondary N) is 1. The summed E-state index contributed by atoms with van der Waals surface area (Å²) in [7, 11) is -3.12. The molecule has 0 radical (unpaired) electrons. The van der Waals surface area contributed by atoms with Gasteiger partial charge in [-0.15, -0.1) is 0 Å². The van der Waals surface area contributed by atoms with Gasteiger partial charge in [0.1, 0.15) is 0 Å². The Labute approximate surface area is 103 Å². The number of nitrogens with zero attached hydrogens (tertiary/aromatic N) is 2. The van der Waals surface area contributed by atoms with Gasteiger partial charge in [-0.2, -0.15) is 4.31 Å². The molecule has 100 valence electrons. The number of amides is 2. The van der Waals surface area contributed by atoms with Crippen LogP contribution in [0.5, 0.6) is 0 Å². The summed E-state index contributed by atoms with van der Waals surface area (Å²) in [6.07, 6.45) is 0.624. The fourth-order valence-electron chi connectivity index (χ4n) is 1.82. The van der Waals surface area contributed by atoms with Crippen LogP contribution in [0.4, 0.5) is 4.79 Å². The molecule has 0 aromatic rings. The Hall–Kier alpha value is -0.820. The van der Waals surface area contributed by atoms with E-state index < -0.39 is 10.0 Å². The largest absolute Gasteiger partial charge is 0.338 e. The van der Waals surface area contributed by atoms with Gasteiger partial charge in [0.05, 0.1) is 5.75 Å². The first-order chi connectivity index (χ1) is 8.01. The summed E-state index contributed by atoms with van der Waals surface area (Å²) in [5.74, 6) is 0.189. The summed E-state index contributed by atoms with van der Waals surface area (Å²) in [5, 5.41) is 2.71. The van der Waals surface area contributed by atoms with Crippen LogP contribution in [0.3, 0.4) is 0 Å². The molecular formula is C10H21N3O3S. The van der Waals surface area contributed by atoms with Crippen LogP contribution in [-0.4, -0.2) is 62.1 Å². The lowest BCUT2D eigenvalue weighted by Crippen LogP contribution is -2.53. The van der Waals surface area contributed by atoms with E-state index in [1.165, 1.54) is 4.31 Å². The van der Waals surface area contributed by atoms with Crippen LogP contribution < -0.4 is 5.32 Å². The molecule has 17 heavy (non-hydrogen) atoms. The van der Waals surface area contributed by atoms with Gasteiger partial charge in [-0.3, -0.25) is 0 Å². The van der Waals surface area contributed by atoms with Crippen molar-refractivity contribution < 1.29 is 13.2 Å². The molecule has 1 fully saturated rings. The Morgan fingerprint density at radius 3 is 2.24 bits per heavy atom. The van der Waals surface area contributed by atoms with Gasteiger partial charge in [-0.1, -0.05) is 6.92 Å². The monoisotopic (exact) mass is 263 g/mol. The second kappa shape index (κ2) is 6.20. The molecule has 0 aromatic carbocycles. The third-order valence-electron chi connectivity index (χ3n) is 2.71. The van der Waals surface area contributed by atoms with Crippen molar-refractivity contribution in [1.82, 2.24) is 14.5 Å². The number of piperazine rings is 1. The number of hydrogen-bond donors (Lipinski definition) is 1. The molecule has 0 unspecified atom stereocenters. The highest BCUT2D eigenvalue weighted by Gasteiger charge is 2.27. The molecule has 0 saturated carbocycles. The quantitative estimate of drug-likeness (QED) is 0.780. The lowest BCUT2D eigenvalue weighted by molar-refractivity contribution is 0.173. The number of sulfonamides is 1. The molecule has 1 aliphatic rings. The van der Waals surface area contributed by atoms with E-state index in [1.807, 2.05) is 13.8 Å². The molecule has 7 heteroatoms. The molecule has 0 spiro atoms. The summed E-state index contributed by atoms with van der Waals surface area (Å²) in [5.41, 5.74) is 0. The molecule has 1 heterocycles. The second-order valence-electron chi connectivity index (χ2n) is 4.04. The molecule has 6 nitrogen and oxygen atoms in total. The average molecular weight is 263 g/mol. The molecule has 0 atom stereocenters. The Bertz CT molecular complexity index is 348. The normalized spacial score (nSPS) is 18.1. The van der Waals surface area contributed by atoms with Crippen molar-refractivity contribution in [2.24, 2.45) is 0 Å². The molecule has 1 aliphatic heterocycles. The highest BCUT2D eigenvalue weighted by molar-refractivity contribution is 7.89. The molecule has 1 rings (SSSR count). The fourth-order valence-corrected chi connectivity index (χ4v) is 3.31. The fraction of sp³-hybridized carbons (Fsp3) is 0.900. The summed E-state index contributed by atoms with van der Waals surface area (Å²) >= 11 is 0. The van der Waals surface area contributed by atoms with Gasteiger partial charge in [0.2, 0.25) is 10.0 Å². The highest BCUT2D eigenvalue weighted by atomic mass is 32.2. The van der Waals surface area contributed by atoms with Gasteiger partial charge in [0.15, 0.2) is 0 Å². The molecule has 1 saturated heterocycles. The van der Waals surface area contributed by atoms with E-state index in [4.69, 9.17) is 0 Å². The van der Waals surface area contributed by atoms with Crippen molar-refractivity contribution in [3.05, 3.63) is 0 Å². The summed E-state index contributed by atoms with van der Waals surface area (Å²) in [4.78, 5) is 13.2. The standard InChI is InChI=1S/C10H21N3O3S/c1-3-9-17(15,16)13-7-5-12(6-8-13)10(14)11-4-2/h3-9H2,1-2H3,(H,11,14). The van der Waals surface area contributed by atoms with Gasteiger partial charge < -0.3 is 10.2 Å². The zero-order chi connectivity index (χ0) is 12.9. The Balaban J connectivity index is 2.48. The van der Waals surface area contributed by atoms with E-state index in [-0.39, 0.29) is 11.8 Å². The second-order valence-corrected chi connectivity index (χ2v) is 6.13. The van der Waals surface area contributed by atoms with Crippen molar-refractivity contribution in [2.45, 2.75) is 20.3 Å². The van der Waals surface area contributed by atoms with Crippen molar-refractivity contribution >= 4 is 16.1 Å². The van der Waals surface area contributed by atoms with Gasteiger partial charge >= 0.3 is 6.03 Å². The Kier molecular flexibility index (Phi) is 5.20. The van der Waals surface area contributed by atoms with E-state index >= 15 is 0 Å². The first kappa shape index (κ1) is 14.2. The van der Waals surface area contributed by atoms with Crippen molar-refractivity contribution in [1.29, 1.82) is 0 Å². The zero-order valence-corrected chi connectivity index (χ0v) is 11.3. The van der Waals surface area contributed by atoms with E-state index in [9.17, 15) is 13.2 Å². The smallest absolute Gasteiger partial charge is 0.317 e. The van der Waals surface area contributed by atoms with Crippen molar-refractivity contribution in [2.75, 3.05) is 38.5 Å². The molecule has 0 bridgehead atoms. The van der Waals surface area contributed by atoms with Crippen LogP contribution in [0.25, 0.3) is 0 Å². The predicted molar refractivity (Wildman–Crippen MR) is 66.3 cm³/mol. The first-order valence-electron chi connectivity index (χ1n) is 6.01. The van der Waals surface area contributed by atoms with E-state index in [0.29, 0.717) is 39.1 Å². The minimum atomic E-state index is -3.12. The first-order valence-corrected chi connectivity index (χ1v) is 7.62. The molecule has 1 N–H and O–H groups in total. The number of carbonyl (C=O) groups excluding carboxylic acids is 1. The van der Waals surface area contributed by atoms with E-state index in [2.05, 4.69) is 5.32 Å².